The van der Waals surface area contributed by atoms with E-state index < -0.39 is 0 Å². The van der Waals surface area contributed by atoms with Crippen LogP contribution in [0, 0.1) is 5.08 Å². The van der Waals surface area contributed by atoms with Crippen LogP contribution in [-0.2, 0) is 0 Å². The fourth-order valence-electron chi connectivity index (χ4n) is 1.39. The van der Waals surface area contributed by atoms with Crippen LogP contribution in [0.3, 0.4) is 0 Å². The highest BCUT2D eigenvalue weighted by molar-refractivity contribution is 8.19. The molecule has 0 aromatic heterocycles. The van der Waals surface area contributed by atoms with Gasteiger partial charge in [0.05, 0.1) is 5.08 Å². The molecule has 0 N–H and O–H groups in total. The van der Waals surface area contributed by atoms with Gasteiger partial charge < -0.3 is 0 Å². The first kappa shape index (κ1) is 9.79. The molecular weight excluding hydrogens is 172 g/mol. The normalized spacial score (nSPS) is 20.5. The van der Waals surface area contributed by atoms with E-state index in [9.17, 15) is 0 Å². The number of hydrogen-bond acceptors (Lipinski definition) is 2. The molecule has 0 spiro atoms. The van der Waals surface area contributed by atoms with Gasteiger partial charge in [-0.25, -0.2) is 0 Å². The molecule has 0 aromatic carbocycles. The van der Waals surface area contributed by atoms with Gasteiger partial charge in [0.15, 0.2) is 0 Å². The molecule has 1 saturated carbocycles. The van der Waals surface area contributed by atoms with Crippen molar-refractivity contribution in [2.24, 2.45) is 0 Å². The lowest BCUT2D eigenvalue weighted by Gasteiger charge is -2.20. The summed E-state index contributed by atoms with van der Waals surface area (Å²) in [7, 11) is 0. The Labute approximate surface area is 78.9 Å². The van der Waals surface area contributed by atoms with Crippen molar-refractivity contribution in [3.8, 4) is 0 Å². The molecule has 2 heteroatoms. The molecule has 0 saturated heterocycles. The van der Waals surface area contributed by atoms with Gasteiger partial charge in [-0.05, 0) is 18.6 Å². The van der Waals surface area contributed by atoms with Crippen LogP contribution >= 0.6 is 23.5 Å². The van der Waals surface area contributed by atoms with Gasteiger partial charge in [0.1, 0.15) is 0 Å². The fraction of sp³-hybridized carbons (Fsp3) is 0.889. The molecule has 11 heavy (non-hydrogen) atoms. The maximum atomic E-state index is 2.33. The quantitative estimate of drug-likeness (QED) is 0.615. The molecule has 0 amide bonds. The van der Waals surface area contributed by atoms with Crippen LogP contribution in [0.1, 0.15) is 39.0 Å². The van der Waals surface area contributed by atoms with Crippen molar-refractivity contribution >= 4 is 23.5 Å². The van der Waals surface area contributed by atoms with Gasteiger partial charge >= 0.3 is 0 Å². The van der Waals surface area contributed by atoms with E-state index in [2.05, 4.69) is 23.8 Å². The van der Waals surface area contributed by atoms with Crippen molar-refractivity contribution in [1.82, 2.24) is 0 Å². The lowest BCUT2D eigenvalue weighted by atomic mass is 10.0. The van der Waals surface area contributed by atoms with Gasteiger partial charge in [-0.1, -0.05) is 26.2 Å². The molecule has 1 rings (SSSR count). The summed E-state index contributed by atoms with van der Waals surface area (Å²) in [5, 5.41) is 3.28. The van der Waals surface area contributed by atoms with Crippen molar-refractivity contribution < 1.29 is 0 Å². The maximum absolute atomic E-state index is 2.33. The highest BCUT2D eigenvalue weighted by atomic mass is 32.2. The fourth-order valence-corrected chi connectivity index (χ4v) is 3.48. The van der Waals surface area contributed by atoms with E-state index in [1.165, 1.54) is 37.9 Å². The first-order valence-corrected chi connectivity index (χ1v) is 6.51. The molecular formula is C9H17S2. The molecule has 1 radical (unpaired) electrons. The minimum atomic E-state index is 0.947. The summed E-state index contributed by atoms with van der Waals surface area (Å²) in [6, 6.07) is 0. The number of rotatable bonds is 4. The topological polar surface area (TPSA) is 0 Å². The van der Waals surface area contributed by atoms with Crippen molar-refractivity contribution in [3.05, 3.63) is 5.08 Å². The Balaban J connectivity index is 1.96. The van der Waals surface area contributed by atoms with E-state index in [0.29, 0.717) is 0 Å². The molecule has 0 nitrogen and oxygen atoms in total. The van der Waals surface area contributed by atoms with E-state index in [0.717, 1.165) is 5.25 Å². The van der Waals surface area contributed by atoms with Gasteiger partial charge in [0.2, 0.25) is 0 Å². The highest BCUT2D eigenvalue weighted by Crippen LogP contribution is 2.32. The average molecular weight is 189 g/mol. The van der Waals surface area contributed by atoms with Gasteiger partial charge in [-0.2, -0.15) is 0 Å². The molecule has 0 atom stereocenters. The summed E-state index contributed by atoms with van der Waals surface area (Å²) < 4.78 is 0. The van der Waals surface area contributed by atoms with Crippen molar-refractivity contribution in [2.75, 3.05) is 5.75 Å². The molecule has 0 aliphatic heterocycles. The second kappa shape index (κ2) is 6.24. The Kier molecular flexibility index (Phi) is 5.55. The van der Waals surface area contributed by atoms with E-state index >= 15 is 0 Å². The predicted octanol–water partition coefficient (Wildman–Crippen LogP) is 3.92. The number of thioether (sulfide) groups is 2. The molecule has 1 fully saturated rings. The third-order valence-electron chi connectivity index (χ3n) is 2.03. The molecule has 0 unspecified atom stereocenters. The summed E-state index contributed by atoms with van der Waals surface area (Å²) >= 11 is 4.00. The minimum absolute atomic E-state index is 0.947. The summed E-state index contributed by atoms with van der Waals surface area (Å²) in [5.74, 6) is 1.22. The second-order valence-electron chi connectivity index (χ2n) is 2.95. The van der Waals surface area contributed by atoms with Gasteiger partial charge in [-0.15, -0.1) is 23.5 Å². The van der Waals surface area contributed by atoms with Crippen LogP contribution in [-0.4, -0.2) is 11.0 Å². The Bertz CT molecular complexity index is 87.6. The molecule has 65 valence electrons. The van der Waals surface area contributed by atoms with Crippen LogP contribution in [0.15, 0.2) is 0 Å². The Morgan fingerprint density at radius 1 is 1.27 bits per heavy atom. The Hall–Kier alpha value is 0.700. The van der Waals surface area contributed by atoms with E-state index in [-0.39, 0.29) is 0 Å². The zero-order valence-corrected chi connectivity index (χ0v) is 8.85. The number of hydrogen-bond donors (Lipinski definition) is 0. The van der Waals surface area contributed by atoms with E-state index in [1.807, 2.05) is 11.8 Å². The average Bonchev–Trinajstić information content (AvgIpc) is 2.07. The molecule has 0 bridgehead atoms. The predicted molar refractivity (Wildman–Crippen MR) is 56.9 cm³/mol. The summed E-state index contributed by atoms with van der Waals surface area (Å²) in [6.07, 6.45) is 7.29. The molecule has 1 aliphatic carbocycles. The summed E-state index contributed by atoms with van der Waals surface area (Å²) in [6.45, 7) is 2.21. The lowest BCUT2D eigenvalue weighted by Crippen LogP contribution is -2.06. The third kappa shape index (κ3) is 4.32. The monoisotopic (exact) mass is 189 g/mol. The first-order valence-electron chi connectivity index (χ1n) is 4.52. The van der Waals surface area contributed by atoms with Gasteiger partial charge in [0.25, 0.3) is 0 Å². The van der Waals surface area contributed by atoms with Crippen molar-refractivity contribution in [1.29, 1.82) is 0 Å². The Morgan fingerprint density at radius 3 is 2.64 bits per heavy atom. The molecule has 0 heterocycles. The van der Waals surface area contributed by atoms with E-state index in [1.54, 1.807) is 0 Å². The smallest absolute Gasteiger partial charge is 0.0715 e. The zero-order valence-electron chi connectivity index (χ0n) is 7.21. The van der Waals surface area contributed by atoms with Crippen molar-refractivity contribution in [2.45, 2.75) is 44.3 Å². The third-order valence-corrected chi connectivity index (χ3v) is 4.21. The second-order valence-corrected chi connectivity index (χ2v) is 5.57. The largest absolute Gasteiger partial charge is 0.146 e. The van der Waals surface area contributed by atoms with Crippen LogP contribution in [0.4, 0.5) is 0 Å². The van der Waals surface area contributed by atoms with Crippen molar-refractivity contribution in [3.63, 3.8) is 0 Å². The first-order chi connectivity index (χ1) is 5.43. The van der Waals surface area contributed by atoms with E-state index in [4.69, 9.17) is 0 Å². The minimum Gasteiger partial charge on any atom is -0.146 e. The highest BCUT2D eigenvalue weighted by Gasteiger charge is 2.12. The standard InChI is InChI=1S/C9H17S2/c1-2-10-8-11-9-6-4-3-5-7-9/h8-9H,2-7H2,1H3. The summed E-state index contributed by atoms with van der Waals surface area (Å²) in [5.41, 5.74) is 0. The van der Waals surface area contributed by atoms with Gasteiger partial charge in [-0.3, -0.25) is 0 Å². The van der Waals surface area contributed by atoms with Crippen LogP contribution in [0.2, 0.25) is 0 Å². The molecule has 1 aliphatic rings. The van der Waals surface area contributed by atoms with Gasteiger partial charge in [0, 0.05) is 5.25 Å². The lowest BCUT2D eigenvalue weighted by molar-refractivity contribution is 0.517. The Morgan fingerprint density at radius 2 is 2.00 bits per heavy atom. The maximum Gasteiger partial charge on any atom is 0.0715 e. The van der Waals surface area contributed by atoms with Crippen LogP contribution < -0.4 is 0 Å². The zero-order chi connectivity index (χ0) is 7.94. The summed E-state index contributed by atoms with van der Waals surface area (Å²) in [4.78, 5) is 0. The van der Waals surface area contributed by atoms with Crippen LogP contribution in [0.25, 0.3) is 0 Å². The SMILES string of the molecule is CCS[CH]SC1CCCCC1. The molecule has 0 aromatic rings. The van der Waals surface area contributed by atoms with Crippen LogP contribution in [0.5, 0.6) is 0 Å².